The molecule has 2 aliphatic rings. The van der Waals surface area contributed by atoms with Crippen LogP contribution >= 0.6 is 11.8 Å². The summed E-state index contributed by atoms with van der Waals surface area (Å²) in [5.74, 6) is 1.26. The second kappa shape index (κ2) is 6.86. The van der Waals surface area contributed by atoms with Crippen LogP contribution in [0.4, 0.5) is 5.82 Å². The first-order valence-electron chi connectivity index (χ1n) is 8.18. The molecule has 5 nitrogen and oxygen atoms in total. The Labute approximate surface area is 136 Å². The minimum Gasteiger partial charge on any atom is -0.353 e. The smallest absolute Gasteiger partial charge is 0.222 e. The van der Waals surface area contributed by atoms with Gasteiger partial charge in [-0.15, -0.1) is 22.0 Å². The Morgan fingerprint density at radius 3 is 2.73 bits per heavy atom. The number of nitrogens with zero attached hydrogens (tertiary/aromatic N) is 4. The number of piperidine rings is 1. The molecule has 1 aromatic heterocycles. The summed E-state index contributed by atoms with van der Waals surface area (Å²) in [6, 6.07) is 4.46. The molecule has 0 aliphatic carbocycles. The molecule has 1 atom stereocenters. The van der Waals surface area contributed by atoms with Crippen molar-refractivity contribution in [1.29, 1.82) is 0 Å². The molecule has 6 heteroatoms. The van der Waals surface area contributed by atoms with Gasteiger partial charge in [-0.1, -0.05) is 13.8 Å². The Morgan fingerprint density at radius 2 is 2.09 bits per heavy atom. The lowest BCUT2D eigenvalue weighted by Gasteiger charge is -2.38. The SMILES string of the molecule is CC(C)Sc1ccc(N2CCCC(N3CCCC3=O)C2)nn1. The van der Waals surface area contributed by atoms with E-state index in [1.54, 1.807) is 11.8 Å². The third-order valence-electron chi connectivity index (χ3n) is 4.25. The van der Waals surface area contributed by atoms with E-state index in [1.807, 2.05) is 0 Å². The van der Waals surface area contributed by atoms with E-state index in [0.717, 1.165) is 56.2 Å². The Balaban J connectivity index is 1.65. The van der Waals surface area contributed by atoms with Gasteiger partial charge < -0.3 is 9.80 Å². The zero-order chi connectivity index (χ0) is 15.5. The van der Waals surface area contributed by atoms with Crippen molar-refractivity contribution < 1.29 is 4.79 Å². The Kier molecular flexibility index (Phi) is 4.86. The van der Waals surface area contributed by atoms with Gasteiger partial charge in [0.25, 0.3) is 0 Å². The van der Waals surface area contributed by atoms with E-state index in [4.69, 9.17) is 0 Å². The molecule has 0 spiro atoms. The highest BCUT2D eigenvalue weighted by molar-refractivity contribution is 7.99. The number of anilines is 1. The van der Waals surface area contributed by atoms with Crippen molar-refractivity contribution in [3.8, 4) is 0 Å². The fourth-order valence-corrected chi connectivity index (χ4v) is 3.98. The minimum absolute atomic E-state index is 0.321. The summed E-state index contributed by atoms with van der Waals surface area (Å²) in [7, 11) is 0. The molecule has 0 aromatic carbocycles. The number of amides is 1. The average molecular weight is 320 g/mol. The topological polar surface area (TPSA) is 49.3 Å². The van der Waals surface area contributed by atoms with E-state index < -0.39 is 0 Å². The maximum atomic E-state index is 11.9. The fraction of sp³-hybridized carbons (Fsp3) is 0.688. The summed E-state index contributed by atoms with van der Waals surface area (Å²) in [6.07, 6.45) is 3.95. The van der Waals surface area contributed by atoms with Crippen LogP contribution in [0.25, 0.3) is 0 Å². The van der Waals surface area contributed by atoms with E-state index in [0.29, 0.717) is 17.2 Å². The van der Waals surface area contributed by atoms with Crippen LogP contribution in [0, 0.1) is 0 Å². The van der Waals surface area contributed by atoms with Crippen LogP contribution in [-0.2, 0) is 4.79 Å². The average Bonchev–Trinajstić information content (AvgIpc) is 2.94. The fourth-order valence-electron chi connectivity index (χ4n) is 3.26. The van der Waals surface area contributed by atoms with Gasteiger partial charge >= 0.3 is 0 Å². The van der Waals surface area contributed by atoms with Gasteiger partial charge in [0.05, 0.1) is 0 Å². The minimum atomic E-state index is 0.321. The molecular formula is C16H24N4OS. The molecular weight excluding hydrogens is 296 g/mol. The number of hydrogen-bond donors (Lipinski definition) is 0. The molecule has 1 aromatic rings. The maximum absolute atomic E-state index is 11.9. The number of hydrogen-bond acceptors (Lipinski definition) is 5. The zero-order valence-corrected chi connectivity index (χ0v) is 14.2. The summed E-state index contributed by atoms with van der Waals surface area (Å²) in [6.45, 7) is 7.12. The number of thioether (sulfide) groups is 1. The van der Waals surface area contributed by atoms with E-state index in [2.05, 4.69) is 46.0 Å². The van der Waals surface area contributed by atoms with Crippen molar-refractivity contribution in [2.45, 2.75) is 55.8 Å². The van der Waals surface area contributed by atoms with E-state index in [-0.39, 0.29) is 0 Å². The van der Waals surface area contributed by atoms with Gasteiger partial charge in [-0.05, 0) is 31.4 Å². The van der Waals surface area contributed by atoms with Crippen LogP contribution in [0.2, 0.25) is 0 Å². The van der Waals surface area contributed by atoms with Crippen molar-refractivity contribution in [2.75, 3.05) is 24.5 Å². The van der Waals surface area contributed by atoms with Crippen LogP contribution in [0.15, 0.2) is 17.2 Å². The number of likely N-dealkylation sites (tertiary alicyclic amines) is 1. The molecule has 0 saturated carbocycles. The van der Waals surface area contributed by atoms with Gasteiger partial charge in [0, 0.05) is 37.3 Å². The van der Waals surface area contributed by atoms with Gasteiger partial charge in [0.1, 0.15) is 5.03 Å². The summed E-state index contributed by atoms with van der Waals surface area (Å²) in [4.78, 5) is 16.3. The van der Waals surface area contributed by atoms with Crippen LogP contribution < -0.4 is 4.90 Å². The monoisotopic (exact) mass is 320 g/mol. The molecule has 0 radical (unpaired) electrons. The molecule has 2 saturated heterocycles. The van der Waals surface area contributed by atoms with Gasteiger partial charge in [-0.2, -0.15) is 0 Å². The number of aromatic nitrogens is 2. The largest absolute Gasteiger partial charge is 0.353 e. The highest BCUT2D eigenvalue weighted by Gasteiger charge is 2.31. The maximum Gasteiger partial charge on any atom is 0.222 e. The molecule has 3 rings (SSSR count). The van der Waals surface area contributed by atoms with Crippen molar-refractivity contribution in [2.24, 2.45) is 0 Å². The van der Waals surface area contributed by atoms with Crippen molar-refractivity contribution in [3.05, 3.63) is 12.1 Å². The third-order valence-corrected chi connectivity index (χ3v) is 5.18. The first kappa shape index (κ1) is 15.6. The van der Waals surface area contributed by atoms with Crippen molar-refractivity contribution in [3.63, 3.8) is 0 Å². The van der Waals surface area contributed by atoms with Crippen LogP contribution in [0.5, 0.6) is 0 Å². The Bertz CT molecular complexity index is 519. The van der Waals surface area contributed by atoms with Gasteiger partial charge in [-0.25, -0.2) is 0 Å². The van der Waals surface area contributed by atoms with E-state index in [9.17, 15) is 4.79 Å². The van der Waals surface area contributed by atoms with Crippen LogP contribution in [0.3, 0.4) is 0 Å². The molecule has 1 unspecified atom stereocenters. The third kappa shape index (κ3) is 3.54. The summed E-state index contributed by atoms with van der Waals surface area (Å²) < 4.78 is 0. The summed E-state index contributed by atoms with van der Waals surface area (Å²) in [5, 5.41) is 10.2. The highest BCUT2D eigenvalue weighted by atomic mass is 32.2. The second-order valence-electron chi connectivity index (χ2n) is 6.33. The standard InChI is InChI=1S/C16H24N4OS/c1-12(2)22-15-8-7-14(17-18-15)19-9-3-5-13(11-19)20-10-4-6-16(20)21/h7-8,12-13H,3-6,9-11H2,1-2H3. The van der Waals surface area contributed by atoms with Crippen molar-refractivity contribution >= 4 is 23.5 Å². The van der Waals surface area contributed by atoms with Gasteiger partial charge in [0.2, 0.25) is 5.91 Å². The normalized spacial score (nSPS) is 22.7. The van der Waals surface area contributed by atoms with Crippen LogP contribution in [-0.4, -0.2) is 51.9 Å². The van der Waals surface area contributed by atoms with E-state index >= 15 is 0 Å². The molecule has 2 fully saturated rings. The first-order chi connectivity index (χ1) is 10.6. The van der Waals surface area contributed by atoms with Gasteiger partial charge in [-0.3, -0.25) is 4.79 Å². The molecule has 3 heterocycles. The van der Waals surface area contributed by atoms with Crippen molar-refractivity contribution in [1.82, 2.24) is 15.1 Å². The Hall–Kier alpha value is -1.30. The lowest BCUT2D eigenvalue weighted by molar-refractivity contribution is -0.129. The molecule has 0 N–H and O–H groups in total. The lowest BCUT2D eigenvalue weighted by atomic mass is 10.0. The lowest BCUT2D eigenvalue weighted by Crippen LogP contribution is -2.48. The van der Waals surface area contributed by atoms with Gasteiger partial charge in [0.15, 0.2) is 5.82 Å². The molecule has 120 valence electrons. The summed E-state index contributed by atoms with van der Waals surface area (Å²) in [5.41, 5.74) is 0. The number of carbonyl (C=O) groups excluding carboxylic acids is 1. The predicted molar refractivity (Wildman–Crippen MR) is 89.2 cm³/mol. The Morgan fingerprint density at radius 1 is 1.23 bits per heavy atom. The first-order valence-corrected chi connectivity index (χ1v) is 9.06. The molecule has 1 amide bonds. The molecule has 22 heavy (non-hydrogen) atoms. The second-order valence-corrected chi connectivity index (χ2v) is 7.93. The predicted octanol–water partition coefficient (Wildman–Crippen LogP) is 2.57. The molecule has 2 aliphatic heterocycles. The summed E-state index contributed by atoms with van der Waals surface area (Å²) >= 11 is 1.73. The number of carbonyl (C=O) groups is 1. The quantitative estimate of drug-likeness (QED) is 0.798. The van der Waals surface area contributed by atoms with E-state index in [1.165, 1.54) is 0 Å². The number of rotatable bonds is 4. The van der Waals surface area contributed by atoms with Crippen LogP contribution in [0.1, 0.15) is 39.5 Å². The highest BCUT2D eigenvalue weighted by Crippen LogP contribution is 2.25. The molecule has 0 bridgehead atoms. The zero-order valence-electron chi connectivity index (χ0n) is 13.4.